The van der Waals surface area contributed by atoms with E-state index in [9.17, 15) is 9.59 Å². The number of hydrogen-bond acceptors (Lipinski definition) is 6. The first-order valence-corrected chi connectivity index (χ1v) is 7.11. The number of nitrogens with two attached hydrogens (primary N) is 1. The van der Waals surface area contributed by atoms with Gasteiger partial charge in [0.05, 0.1) is 0 Å². The summed E-state index contributed by atoms with van der Waals surface area (Å²) >= 11 is 0. The number of hydrazine groups is 2. The zero-order valence-electron chi connectivity index (χ0n) is 12.0. The lowest BCUT2D eigenvalue weighted by Gasteiger charge is -2.32. The maximum atomic E-state index is 11.8. The number of carbonyl (C=O) groups excluding carboxylic acids is 2. The van der Waals surface area contributed by atoms with E-state index in [0.29, 0.717) is 6.54 Å². The van der Waals surface area contributed by atoms with Crippen LogP contribution in [0.5, 0.6) is 0 Å². The molecule has 0 unspecified atom stereocenters. The van der Waals surface area contributed by atoms with Gasteiger partial charge in [-0.15, -0.1) is 0 Å². The predicted octanol–water partition coefficient (Wildman–Crippen LogP) is -1.34. The molecule has 8 nitrogen and oxygen atoms in total. The predicted molar refractivity (Wildman–Crippen MR) is 74.3 cm³/mol. The Morgan fingerprint density at radius 1 is 1.10 bits per heavy atom. The van der Waals surface area contributed by atoms with Crippen LogP contribution in [-0.4, -0.2) is 84.5 Å². The van der Waals surface area contributed by atoms with Crippen LogP contribution in [-0.2, 0) is 4.79 Å². The van der Waals surface area contributed by atoms with E-state index >= 15 is 0 Å². The Hall–Kier alpha value is -1.22. The Bertz CT molecular complexity index is 356. The quantitative estimate of drug-likeness (QED) is 0.272. The van der Waals surface area contributed by atoms with Crippen LogP contribution in [0.1, 0.15) is 12.8 Å². The molecule has 0 aromatic rings. The van der Waals surface area contributed by atoms with Gasteiger partial charge in [0.1, 0.15) is 6.54 Å². The van der Waals surface area contributed by atoms with Crippen molar-refractivity contribution in [2.75, 3.05) is 52.9 Å². The van der Waals surface area contributed by atoms with E-state index in [0.717, 1.165) is 50.6 Å². The number of hydrogen-bond donors (Lipinski definition) is 2. The van der Waals surface area contributed by atoms with Gasteiger partial charge in [0.2, 0.25) is 0 Å². The molecule has 3 amide bonds. The fraction of sp³-hybridized carbons (Fsp3) is 0.833. The molecule has 3 N–H and O–H groups in total. The van der Waals surface area contributed by atoms with E-state index in [1.54, 1.807) is 0 Å². The van der Waals surface area contributed by atoms with Gasteiger partial charge < -0.3 is 9.80 Å². The van der Waals surface area contributed by atoms with Gasteiger partial charge in [-0.1, -0.05) is 0 Å². The Labute approximate surface area is 119 Å². The number of urea groups is 1. The fourth-order valence-corrected chi connectivity index (χ4v) is 2.54. The zero-order chi connectivity index (χ0) is 14.5. The normalized spacial score (nSPS) is 22.1. The molecule has 2 aliphatic rings. The number of piperazine rings is 1. The van der Waals surface area contributed by atoms with Crippen molar-refractivity contribution in [3.05, 3.63) is 0 Å². The molecule has 0 spiro atoms. The molecule has 0 aromatic heterocycles. The Morgan fingerprint density at radius 2 is 1.75 bits per heavy atom. The van der Waals surface area contributed by atoms with Crippen LogP contribution in [0.25, 0.3) is 0 Å². The third-order valence-corrected chi connectivity index (χ3v) is 3.91. The number of nitrogens with one attached hydrogen (secondary N) is 1. The summed E-state index contributed by atoms with van der Waals surface area (Å²) < 4.78 is 0. The minimum Gasteiger partial charge on any atom is -0.304 e. The third kappa shape index (κ3) is 3.66. The summed E-state index contributed by atoms with van der Waals surface area (Å²) in [4.78, 5) is 29.4. The lowest BCUT2D eigenvalue weighted by Crippen LogP contribution is -2.45. The molecule has 2 heterocycles. The third-order valence-electron chi connectivity index (χ3n) is 3.91. The number of carbonyl (C=O) groups is 2. The summed E-state index contributed by atoms with van der Waals surface area (Å²) in [5.74, 6) is 4.99. The first-order chi connectivity index (χ1) is 9.61. The fourth-order valence-electron chi connectivity index (χ4n) is 2.54. The molecule has 2 fully saturated rings. The second-order valence-corrected chi connectivity index (χ2v) is 5.40. The monoisotopic (exact) mass is 284 g/mol. The molecule has 114 valence electrons. The van der Waals surface area contributed by atoms with Gasteiger partial charge in [-0.05, 0) is 26.4 Å². The molecule has 0 radical (unpaired) electrons. The van der Waals surface area contributed by atoms with E-state index in [4.69, 9.17) is 5.84 Å². The van der Waals surface area contributed by atoms with Crippen molar-refractivity contribution >= 4 is 11.9 Å². The molecule has 0 aromatic carbocycles. The van der Waals surface area contributed by atoms with Crippen molar-refractivity contribution in [2.24, 2.45) is 5.84 Å². The van der Waals surface area contributed by atoms with Crippen molar-refractivity contribution in [1.29, 1.82) is 0 Å². The average molecular weight is 284 g/mol. The van der Waals surface area contributed by atoms with Crippen molar-refractivity contribution < 1.29 is 9.59 Å². The second-order valence-electron chi connectivity index (χ2n) is 5.40. The van der Waals surface area contributed by atoms with E-state index in [-0.39, 0.29) is 18.5 Å². The molecular weight excluding hydrogens is 260 g/mol. The topological polar surface area (TPSA) is 85.2 Å². The van der Waals surface area contributed by atoms with Crippen molar-refractivity contribution in [3.8, 4) is 0 Å². The largest absolute Gasteiger partial charge is 0.342 e. The smallest absolute Gasteiger partial charge is 0.304 e. The molecule has 0 bridgehead atoms. The Kier molecular flexibility index (Phi) is 5.30. The number of unbranched alkanes of at least 4 members (excludes halogenated alkanes) is 1. The SMILES string of the molecule is CN1CCN(CCCCN2C(=O)CN(NN)C2=O)CC1. The van der Waals surface area contributed by atoms with Crippen LogP contribution in [0.2, 0.25) is 0 Å². The van der Waals surface area contributed by atoms with Crippen LogP contribution in [0.4, 0.5) is 4.79 Å². The van der Waals surface area contributed by atoms with Crippen LogP contribution >= 0.6 is 0 Å². The first kappa shape index (κ1) is 15.2. The minimum absolute atomic E-state index is 0.0216. The number of amides is 3. The van der Waals surface area contributed by atoms with Gasteiger partial charge in [-0.3, -0.25) is 15.5 Å². The Balaban J connectivity index is 1.64. The number of rotatable bonds is 6. The summed E-state index contributed by atoms with van der Waals surface area (Å²) in [6.45, 7) is 5.95. The van der Waals surface area contributed by atoms with Gasteiger partial charge >= 0.3 is 6.03 Å². The summed E-state index contributed by atoms with van der Waals surface area (Å²) in [5, 5.41) is 1.13. The van der Waals surface area contributed by atoms with Crippen LogP contribution in [0.3, 0.4) is 0 Å². The van der Waals surface area contributed by atoms with Gasteiger partial charge in [0.25, 0.3) is 5.91 Å². The van der Waals surface area contributed by atoms with Crippen molar-refractivity contribution in [3.63, 3.8) is 0 Å². The summed E-state index contributed by atoms with van der Waals surface area (Å²) in [5.41, 5.74) is 2.23. The number of imide groups is 1. The van der Waals surface area contributed by atoms with Crippen molar-refractivity contribution in [2.45, 2.75) is 12.8 Å². The molecule has 2 saturated heterocycles. The maximum Gasteiger partial charge on any atom is 0.342 e. The van der Waals surface area contributed by atoms with E-state index in [1.807, 2.05) is 0 Å². The molecule has 2 rings (SSSR count). The standard InChI is InChI=1S/C12H24N6O2/c1-15-6-8-16(9-7-15)4-2-3-5-17-11(19)10-18(14-13)12(17)20/h14H,2-10,13H2,1H3. The molecule has 2 aliphatic heterocycles. The van der Waals surface area contributed by atoms with Gasteiger partial charge in [0, 0.05) is 32.7 Å². The summed E-state index contributed by atoms with van der Waals surface area (Å²) in [6.07, 6.45) is 1.83. The maximum absolute atomic E-state index is 11.8. The number of nitrogens with zero attached hydrogens (tertiary/aromatic N) is 4. The molecule has 0 saturated carbocycles. The molecule has 8 heteroatoms. The second kappa shape index (κ2) is 6.98. The van der Waals surface area contributed by atoms with Gasteiger partial charge in [-0.2, -0.15) is 5.53 Å². The highest BCUT2D eigenvalue weighted by atomic mass is 16.2. The average Bonchev–Trinajstić information content (AvgIpc) is 2.72. The zero-order valence-corrected chi connectivity index (χ0v) is 12.0. The van der Waals surface area contributed by atoms with E-state index in [2.05, 4.69) is 22.4 Å². The number of likely N-dealkylation sites (N-methyl/N-ethyl adjacent to an activating group) is 1. The Morgan fingerprint density at radius 3 is 2.35 bits per heavy atom. The van der Waals surface area contributed by atoms with E-state index in [1.165, 1.54) is 4.90 Å². The molecular formula is C12H24N6O2. The molecule has 0 atom stereocenters. The highest BCUT2D eigenvalue weighted by Gasteiger charge is 2.35. The lowest BCUT2D eigenvalue weighted by atomic mass is 10.2. The lowest BCUT2D eigenvalue weighted by molar-refractivity contribution is -0.125. The van der Waals surface area contributed by atoms with Crippen LogP contribution in [0.15, 0.2) is 0 Å². The minimum atomic E-state index is -0.350. The van der Waals surface area contributed by atoms with E-state index < -0.39 is 0 Å². The first-order valence-electron chi connectivity index (χ1n) is 7.11. The van der Waals surface area contributed by atoms with Gasteiger partial charge in [-0.25, -0.2) is 9.80 Å². The van der Waals surface area contributed by atoms with Gasteiger partial charge in [0.15, 0.2) is 0 Å². The highest BCUT2D eigenvalue weighted by Crippen LogP contribution is 2.09. The van der Waals surface area contributed by atoms with Crippen LogP contribution < -0.4 is 11.4 Å². The summed E-state index contributed by atoms with van der Waals surface area (Å²) in [6, 6.07) is -0.350. The molecule has 20 heavy (non-hydrogen) atoms. The van der Waals surface area contributed by atoms with Crippen LogP contribution in [0, 0.1) is 0 Å². The van der Waals surface area contributed by atoms with Crippen molar-refractivity contribution in [1.82, 2.24) is 25.2 Å². The highest BCUT2D eigenvalue weighted by molar-refractivity contribution is 6.01. The molecule has 0 aliphatic carbocycles. The summed E-state index contributed by atoms with van der Waals surface area (Å²) in [7, 11) is 2.14.